The molecule has 1 aromatic rings. The largest absolute Gasteiger partial charge is 0.339 e. The lowest BCUT2D eigenvalue weighted by Gasteiger charge is -2.21. The van der Waals surface area contributed by atoms with E-state index < -0.39 is 0 Å². The van der Waals surface area contributed by atoms with Crippen molar-refractivity contribution >= 4 is 0 Å². The van der Waals surface area contributed by atoms with Gasteiger partial charge in [-0.2, -0.15) is 4.98 Å². The Morgan fingerprint density at radius 2 is 2.20 bits per heavy atom. The second-order valence-electron chi connectivity index (χ2n) is 4.76. The molecular formula is C11H17N3O. The Morgan fingerprint density at radius 1 is 1.33 bits per heavy atom. The highest BCUT2D eigenvalue weighted by molar-refractivity contribution is 5.05. The predicted octanol–water partition coefficient (Wildman–Crippen LogP) is 1.80. The van der Waals surface area contributed by atoms with Gasteiger partial charge in [-0.15, -0.1) is 0 Å². The lowest BCUT2D eigenvalue weighted by atomic mass is 9.85. The van der Waals surface area contributed by atoms with Crippen LogP contribution < -0.4 is 5.32 Å². The molecular weight excluding hydrogens is 190 g/mol. The molecule has 0 amide bonds. The van der Waals surface area contributed by atoms with Gasteiger partial charge >= 0.3 is 0 Å². The molecule has 1 aliphatic carbocycles. The van der Waals surface area contributed by atoms with Crippen molar-refractivity contribution in [1.29, 1.82) is 0 Å². The molecule has 0 spiro atoms. The summed E-state index contributed by atoms with van der Waals surface area (Å²) in [5.41, 5.74) is 0. The standard InChI is InChI=1S/C11H17N3O/c1-7-9(5-6-12-7)11-13-10(14-15-11)8-3-2-4-8/h7-9,12H,2-6H2,1H3. The highest BCUT2D eigenvalue weighted by atomic mass is 16.5. The van der Waals surface area contributed by atoms with Crippen molar-refractivity contribution in [3.05, 3.63) is 11.7 Å². The van der Waals surface area contributed by atoms with Crippen molar-refractivity contribution in [3.63, 3.8) is 0 Å². The Bertz CT molecular complexity index is 345. The smallest absolute Gasteiger partial charge is 0.231 e. The Labute approximate surface area is 89.4 Å². The molecule has 1 aromatic heterocycles. The zero-order valence-corrected chi connectivity index (χ0v) is 9.07. The van der Waals surface area contributed by atoms with Crippen LogP contribution in [0.3, 0.4) is 0 Å². The zero-order valence-electron chi connectivity index (χ0n) is 9.07. The average molecular weight is 207 g/mol. The van der Waals surface area contributed by atoms with Crippen LogP contribution in [-0.2, 0) is 0 Å². The van der Waals surface area contributed by atoms with E-state index in [0.717, 1.165) is 24.7 Å². The van der Waals surface area contributed by atoms with Gasteiger partial charge in [0.05, 0.1) is 5.92 Å². The van der Waals surface area contributed by atoms with E-state index in [4.69, 9.17) is 4.52 Å². The number of nitrogens with zero attached hydrogens (tertiary/aromatic N) is 2. The fourth-order valence-electron chi connectivity index (χ4n) is 2.43. The monoisotopic (exact) mass is 207 g/mol. The molecule has 4 heteroatoms. The third-order valence-electron chi connectivity index (χ3n) is 3.77. The van der Waals surface area contributed by atoms with Crippen LogP contribution in [0, 0.1) is 0 Å². The summed E-state index contributed by atoms with van der Waals surface area (Å²) in [6, 6.07) is 0.472. The van der Waals surface area contributed by atoms with E-state index in [2.05, 4.69) is 22.4 Å². The van der Waals surface area contributed by atoms with Crippen LogP contribution in [-0.4, -0.2) is 22.7 Å². The van der Waals surface area contributed by atoms with Gasteiger partial charge in [0, 0.05) is 12.0 Å². The highest BCUT2D eigenvalue weighted by Gasteiger charge is 2.31. The predicted molar refractivity (Wildman–Crippen MR) is 55.7 cm³/mol. The van der Waals surface area contributed by atoms with Crippen molar-refractivity contribution in [2.75, 3.05) is 6.54 Å². The molecule has 4 nitrogen and oxygen atoms in total. The average Bonchev–Trinajstić information content (AvgIpc) is 2.70. The molecule has 15 heavy (non-hydrogen) atoms. The summed E-state index contributed by atoms with van der Waals surface area (Å²) < 4.78 is 5.37. The number of hydrogen-bond donors (Lipinski definition) is 1. The first-order valence-electron chi connectivity index (χ1n) is 5.91. The SMILES string of the molecule is CC1NCCC1c1nc(C2CCC2)no1. The summed E-state index contributed by atoms with van der Waals surface area (Å²) in [7, 11) is 0. The van der Waals surface area contributed by atoms with E-state index >= 15 is 0 Å². The summed E-state index contributed by atoms with van der Waals surface area (Å²) >= 11 is 0. The van der Waals surface area contributed by atoms with Gasteiger partial charge in [-0.05, 0) is 32.7 Å². The number of rotatable bonds is 2. The molecule has 2 unspecified atom stereocenters. The van der Waals surface area contributed by atoms with E-state index in [1.54, 1.807) is 0 Å². The molecule has 2 fully saturated rings. The maximum Gasteiger partial charge on any atom is 0.231 e. The van der Waals surface area contributed by atoms with Crippen LogP contribution >= 0.6 is 0 Å². The van der Waals surface area contributed by atoms with Crippen LogP contribution in [0.25, 0.3) is 0 Å². The molecule has 1 saturated carbocycles. The van der Waals surface area contributed by atoms with E-state index in [-0.39, 0.29) is 0 Å². The molecule has 1 N–H and O–H groups in total. The van der Waals surface area contributed by atoms with Crippen LogP contribution in [0.4, 0.5) is 0 Å². The van der Waals surface area contributed by atoms with Gasteiger partial charge < -0.3 is 9.84 Å². The number of aromatic nitrogens is 2. The summed E-state index contributed by atoms with van der Waals surface area (Å²) in [4.78, 5) is 4.55. The fourth-order valence-corrected chi connectivity index (χ4v) is 2.43. The summed E-state index contributed by atoms with van der Waals surface area (Å²) in [6.07, 6.45) is 4.90. The Morgan fingerprint density at radius 3 is 2.80 bits per heavy atom. The van der Waals surface area contributed by atoms with Crippen molar-refractivity contribution in [1.82, 2.24) is 15.5 Å². The normalized spacial score (nSPS) is 31.8. The first-order chi connectivity index (χ1) is 7.34. The van der Waals surface area contributed by atoms with E-state index in [1.807, 2.05) is 0 Å². The minimum Gasteiger partial charge on any atom is -0.339 e. The molecule has 0 radical (unpaired) electrons. The molecule has 3 rings (SSSR count). The van der Waals surface area contributed by atoms with E-state index in [0.29, 0.717) is 17.9 Å². The summed E-state index contributed by atoms with van der Waals surface area (Å²) in [5.74, 6) is 2.78. The van der Waals surface area contributed by atoms with E-state index in [9.17, 15) is 0 Å². The van der Waals surface area contributed by atoms with Gasteiger partial charge in [-0.25, -0.2) is 0 Å². The fraction of sp³-hybridized carbons (Fsp3) is 0.818. The number of hydrogen-bond acceptors (Lipinski definition) is 4. The molecule has 2 heterocycles. The molecule has 2 atom stereocenters. The maximum absolute atomic E-state index is 5.37. The van der Waals surface area contributed by atoms with Crippen molar-refractivity contribution in [3.8, 4) is 0 Å². The van der Waals surface area contributed by atoms with Gasteiger partial charge in [0.1, 0.15) is 0 Å². The minimum absolute atomic E-state index is 0.423. The lowest BCUT2D eigenvalue weighted by Crippen LogP contribution is -2.21. The first kappa shape index (κ1) is 9.33. The Kier molecular flexibility index (Phi) is 2.24. The molecule has 1 aliphatic heterocycles. The second-order valence-corrected chi connectivity index (χ2v) is 4.76. The minimum atomic E-state index is 0.423. The quantitative estimate of drug-likeness (QED) is 0.803. The van der Waals surface area contributed by atoms with Gasteiger partial charge in [0.2, 0.25) is 5.89 Å². The molecule has 1 saturated heterocycles. The van der Waals surface area contributed by atoms with Crippen molar-refractivity contribution in [2.24, 2.45) is 0 Å². The first-order valence-corrected chi connectivity index (χ1v) is 5.91. The van der Waals surface area contributed by atoms with Gasteiger partial charge in [0.15, 0.2) is 5.82 Å². The zero-order chi connectivity index (χ0) is 10.3. The third-order valence-corrected chi connectivity index (χ3v) is 3.77. The summed E-state index contributed by atoms with van der Waals surface area (Å²) in [6.45, 7) is 3.25. The molecule has 82 valence electrons. The Balaban J connectivity index is 1.77. The van der Waals surface area contributed by atoms with E-state index in [1.165, 1.54) is 19.3 Å². The lowest BCUT2D eigenvalue weighted by molar-refractivity contribution is 0.328. The number of nitrogens with one attached hydrogen (secondary N) is 1. The van der Waals surface area contributed by atoms with Crippen LogP contribution in [0.15, 0.2) is 4.52 Å². The second kappa shape index (κ2) is 3.59. The molecule has 2 aliphatic rings. The molecule has 0 aromatic carbocycles. The molecule has 0 bridgehead atoms. The topological polar surface area (TPSA) is 51.0 Å². The van der Waals surface area contributed by atoms with Crippen LogP contribution in [0.2, 0.25) is 0 Å². The third kappa shape index (κ3) is 1.57. The van der Waals surface area contributed by atoms with Gasteiger partial charge in [-0.3, -0.25) is 0 Å². The van der Waals surface area contributed by atoms with Gasteiger partial charge in [-0.1, -0.05) is 11.6 Å². The van der Waals surface area contributed by atoms with Gasteiger partial charge in [0.25, 0.3) is 0 Å². The maximum atomic E-state index is 5.37. The van der Waals surface area contributed by atoms with Crippen molar-refractivity contribution in [2.45, 2.75) is 50.5 Å². The van der Waals surface area contributed by atoms with Crippen LogP contribution in [0.1, 0.15) is 56.2 Å². The van der Waals surface area contributed by atoms with Crippen LogP contribution in [0.5, 0.6) is 0 Å². The Hall–Kier alpha value is -0.900. The highest BCUT2D eigenvalue weighted by Crippen LogP contribution is 2.35. The van der Waals surface area contributed by atoms with Crippen molar-refractivity contribution < 1.29 is 4.52 Å². The summed E-state index contributed by atoms with van der Waals surface area (Å²) in [5, 5.41) is 7.51.